The van der Waals surface area contributed by atoms with Crippen molar-refractivity contribution in [1.82, 2.24) is 20.1 Å². The predicted molar refractivity (Wildman–Crippen MR) is 73.8 cm³/mol. The minimum atomic E-state index is -0.466. The Kier molecular flexibility index (Phi) is 4.72. The summed E-state index contributed by atoms with van der Waals surface area (Å²) in [5.41, 5.74) is 5.93. The number of ether oxygens (including phenoxy) is 1. The molecule has 0 bridgehead atoms. The molecular formula is C13H23N5O2. The molecule has 1 fully saturated rings. The van der Waals surface area contributed by atoms with Gasteiger partial charge in [0.15, 0.2) is 5.82 Å². The highest BCUT2D eigenvalue weighted by Crippen LogP contribution is 2.20. The second-order valence-electron chi connectivity index (χ2n) is 5.41. The summed E-state index contributed by atoms with van der Waals surface area (Å²) in [6.07, 6.45) is 0.518. The summed E-state index contributed by atoms with van der Waals surface area (Å²) in [5, 5.41) is 7.02. The van der Waals surface area contributed by atoms with Crippen molar-refractivity contribution in [1.29, 1.82) is 0 Å². The molecule has 0 aromatic carbocycles. The molecule has 7 heteroatoms. The van der Waals surface area contributed by atoms with Gasteiger partial charge in [0.2, 0.25) is 5.91 Å². The number of hydrogen-bond donors (Lipinski definition) is 2. The zero-order chi connectivity index (χ0) is 14.7. The second-order valence-corrected chi connectivity index (χ2v) is 5.41. The SMILES string of the molecule is CCc1nc(C2CN(C(=O)[C@@H](N)C(C)C)CCO2)n[nH]1. The van der Waals surface area contributed by atoms with E-state index in [1.54, 1.807) is 4.90 Å². The van der Waals surface area contributed by atoms with E-state index in [0.717, 1.165) is 12.2 Å². The van der Waals surface area contributed by atoms with Crippen molar-refractivity contribution >= 4 is 5.91 Å². The van der Waals surface area contributed by atoms with E-state index in [0.29, 0.717) is 25.5 Å². The Morgan fingerprint density at radius 3 is 2.95 bits per heavy atom. The van der Waals surface area contributed by atoms with Crippen LogP contribution in [0.25, 0.3) is 0 Å². The summed E-state index contributed by atoms with van der Waals surface area (Å²) in [5.74, 6) is 1.53. The van der Waals surface area contributed by atoms with Crippen LogP contribution in [0.3, 0.4) is 0 Å². The summed E-state index contributed by atoms with van der Waals surface area (Å²) < 4.78 is 5.66. The quantitative estimate of drug-likeness (QED) is 0.824. The van der Waals surface area contributed by atoms with Gasteiger partial charge in [0, 0.05) is 13.0 Å². The molecule has 1 aromatic heterocycles. The molecule has 1 saturated heterocycles. The number of morpholine rings is 1. The summed E-state index contributed by atoms with van der Waals surface area (Å²) in [7, 11) is 0. The number of amides is 1. The second kappa shape index (κ2) is 6.32. The van der Waals surface area contributed by atoms with E-state index in [9.17, 15) is 4.79 Å². The smallest absolute Gasteiger partial charge is 0.239 e. The zero-order valence-corrected chi connectivity index (χ0v) is 12.3. The highest BCUT2D eigenvalue weighted by molar-refractivity contribution is 5.82. The van der Waals surface area contributed by atoms with Crippen molar-refractivity contribution in [3.63, 3.8) is 0 Å². The van der Waals surface area contributed by atoms with Gasteiger partial charge < -0.3 is 15.4 Å². The van der Waals surface area contributed by atoms with E-state index in [4.69, 9.17) is 10.5 Å². The number of carbonyl (C=O) groups excluding carboxylic acids is 1. The Bertz CT molecular complexity index is 459. The third kappa shape index (κ3) is 3.16. The average molecular weight is 281 g/mol. The number of H-pyrrole nitrogens is 1. The van der Waals surface area contributed by atoms with Crippen molar-refractivity contribution in [2.24, 2.45) is 11.7 Å². The molecule has 2 rings (SSSR count). The molecule has 112 valence electrons. The van der Waals surface area contributed by atoms with Crippen LogP contribution in [-0.4, -0.2) is 51.7 Å². The first kappa shape index (κ1) is 14.9. The standard InChI is InChI=1S/C13H23N5O2/c1-4-10-15-12(17-16-10)9-7-18(5-6-20-9)13(19)11(14)8(2)3/h8-9,11H,4-7,14H2,1-3H3,(H,15,16,17)/t9?,11-/m0/s1. The Morgan fingerprint density at radius 1 is 1.60 bits per heavy atom. The molecule has 2 atom stereocenters. The molecule has 1 aliphatic rings. The van der Waals surface area contributed by atoms with Gasteiger partial charge in [0.05, 0.1) is 19.2 Å². The van der Waals surface area contributed by atoms with Crippen molar-refractivity contribution in [3.05, 3.63) is 11.6 Å². The first-order valence-corrected chi connectivity index (χ1v) is 7.10. The summed E-state index contributed by atoms with van der Waals surface area (Å²) in [4.78, 5) is 18.4. The number of nitrogens with zero attached hydrogens (tertiary/aromatic N) is 3. The first-order valence-electron chi connectivity index (χ1n) is 7.10. The van der Waals surface area contributed by atoms with Crippen LogP contribution in [0, 0.1) is 5.92 Å². The summed E-state index contributed by atoms with van der Waals surface area (Å²) in [6.45, 7) is 7.41. The largest absolute Gasteiger partial charge is 0.366 e. The molecule has 1 unspecified atom stereocenters. The van der Waals surface area contributed by atoms with E-state index < -0.39 is 6.04 Å². The van der Waals surface area contributed by atoms with Crippen LogP contribution in [0.2, 0.25) is 0 Å². The lowest BCUT2D eigenvalue weighted by molar-refractivity contribution is -0.141. The van der Waals surface area contributed by atoms with E-state index in [2.05, 4.69) is 15.2 Å². The normalized spacial score (nSPS) is 21.2. The first-order chi connectivity index (χ1) is 9.52. The predicted octanol–water partition coefficient (Wildman–Crippen LogP) is 0.250. The Labute approximate surface area is 118 Å². The number of nitrogens with two attached hydrogens (primary N) is 1. The molecule has 0 radical (unpaired) electrons. The lowest BCUT2D eigenvalue weighted by atomic mass is 10.0. The fraction of sp³-hybridized carbons (Fsp3) is 0.769. The third-order valence-electron chi connectivity index (χ3n) is 3.55. The zero-order valence-electron chi connectivity index (χ0n) is 12.3. The highest BCUT2D eigenvalue weighted by Gasteiger charge is 2.31. The van der Waals surface area contributed by atoms with Crippen molar-refractivity contribution in [2.75, 3.05) is 19.7 Å². The van der Waals surface area contributed by atoms with Gasteiger partial charge in [0.1, 0.15) is 11.9 Å². The van der Waals surface area contributed by atoms with Crippen LogP contribution >= 0.6 is 0 Å². The van der Waals surface area contributed by atoms with Crippen molar-refractivity contribution in [2.45, 2.75) is 39.3 Å². The molecule has 20 heavy (non-hydrogen) atoms. The molecule has 7 nitrogen and oxygen atoms in total. The number of carbonyl (C=O) groups is 1. The fourth-order valence-corrected chi connectivity index (χ4v) is 2.11. The molecule has 0 spiro atoms. The van der Waals surface area contributed by atoms with E-state index in [1.165, 1.54) is 0 Å². The molecular weight excluding hydrogens is 258 g/mol. The molecule has 0 saturated carbocycles. The van der Waals surface area contributed by atoms with Gasteiger partial charge in [-0.3, -0.25) is 9.89 Å². The van der Waals surface area contributed by atoms with Gasteiger partial charge in [-0.15, -0.1) is 0 Å². The average Bonchev–Trinajstić information content (AvgIpc) is 2.94. The molecule has 0 aliphatic carbocycles. The molecule has 1 amide bonds. The fourth-order valence-electron chi connectivity index (χ4n) is 2.11. The minimum Gasteiger partial charge on any atom is -0.366 e. The Hall–Kier alpha value is -1.47. The van der Waals surface area contributed by atoms with Gasteiger partial charge >= 0.3 is 0 Å². The van der Waals surface area contributed by atoms with Crippen LogP contribution < -0.4 is 5.73 Å². The molecule has 3 N–H and O–H groups in total. The molecule has 2 heterocycles. The summed E-state index contributed by atoms with van der Waals surface area (Å²) in [6, 6.07) is -0.466. The number of nitrogens with one attached hydrogen (secondary N) is 1. The van der Waals surface area contributed by atoms with Crippen LogP contribution in [0.15, 0.2) is 0 Å². The van der Waals surface area contributed by atoms with Gasteiger partial charge in [0.25, 0.3) is 0 Å². The van der Waals surface area contributed by atoms with Gasteiger partial charge in [-0.25, -0.2) is 4.98 Å². The van der Waals surface area contributed by atoms with Crippen LogP contribution in [-0.2, 0) is 16.0 Å². The van der Waals surface area contributed by atoms with E-state index >= 15 is 0 Å². The molecule has 1 aliphatic heterocycles. The highest BCUT2D eigenvalue weighted by atomic mass is 16.5. The van der Waals surface area contributed by atoms with Gasteiger partial charge in [-0.1, -0.05) is 20.8 Å². The number of hydrogen-bond acceptors (Lipinski definition) is 5. The number of rotatable bonds is 4. The van der Waals surface area contributed by atoms with Crippen LogP contribution in [0.5, 0.6) is 0 Å². The minimum absolute atomic E-state index is 0.0282. The Morgan fingerprint density at radius 2 is 2.35 bits per heavy atom. The van der Waals surface area contributed by atoms with Crippen molar-refractivity contribution < 1.29 is 9.53 Å². The number of aromatic nitrogens is 3. The van der Waals surface area contributed by atoms with Gasteiger partial charge in [-0.05, 0) is 5.92 Å². The Balaban J connectivity index is 2.03. The lowest BCUT2D eigenvalue weighted by Crippen LogP contribution is -2.51. The molecule has 1 aromatic rings. The maximum atomic E-state index is 12.3. The van der Waals surface area contributed by atoms with Crippen molar-refractivity contribution in [3.8, 4) is 0 Å². The topological polar surface area (TPSA) is 97.1 Å². The monoisotopic (exact) mass is 281 g/mol. The summed E-state index contributed by atoms with van der Waals surface area (Å²) >= 11 is 0. The van der Waals surface area contributed by atoms with Gasteiger partial charge in [-0.2, -0.15) is 5.10 Å². The van der Waals surface area contributed by atoms with E-state index in [-0.39, 0.29) is 17.9 Å². The number of aromatic amines is 1. The number of aryl methyl sites for hydroxylation is 1. The lowest BCUT2D eigenvalue weighted by Gasteiger charge is -2.34. The van der Waals surface area contributed by atoms with Crippen LogP contribution in [0.4, 0.5) is 0 Å². The maximum Gasteiger partial charge on any atom is 0.239 e. The maximum absolute atomic E-state index is 12.3. The van der Waals surface area contributed by atoms with E-state index in [1.807, 2.05) is 20.8 Å². The third-order valence-corrected chi connectivity index (χ3v) is 3.55. The van der Waals surface area contributed by atoms with Crippen LogP contribution in [0.1, 0.15) is 38.5 Å².